The Balaban J connectivity index is 2.03. The monoisotopic (exact) mass is 273 g/mol. The van der Waals surface area contributed by atoms with E-state index in [2.05, 4.69) is 27.8 Å². The molecule has 0 saturated heterocycles. The maximum atomic E-state index is 12.2. The van der Waals surface area contributed by atoms with Crippen molar-refractivity contribution in [3.63, 3.8) is 0 Å². The van der Waals surface area contributed by atoms with Crippen molar-refractivity contribution >= 4 is 11.6 Å². The van der Waals surface area contributed by atoms with Crippen molar-refractivity contribution in [3.8, 4) is 0 Å². The minimum absolute atomic E-state index is 0.118. The van der Waals surface area contributed by atoms with Gasteiger partial charge >= 0.3 is 0 Å². The van der Waals surface area contributed by atoms with Crippen LogP contribution in [-0.2, 0) is 13.6 Å². The molecule has 2 rings (SSSR count). The number of amides is 1. The van der Waals surface area contributed by atoms with Gasteiger partial charge in [0, 0.05) is 19.3 Å². The summed E-state index contributed by atoms with van der Waals surface area (Å²) in [6.45, 7) is 3.29. The first-order valence-corrected chi connectivity index (χ1v) is 6.66. The number of anilines is 1. The Hall–Kier alpha value is -2.37. The van der Waals surface area contributed by atoms with Crippen molar-refractivity contribution in [3.05, 3.63) is 42.0 Å². The second kappa shape index (κ2) is 6.70. The van der Waals surface area contributed by atoms with Gasteiger partial charge in [-0.05, 0) is 18.6 Å². The van der Waals surface area contributed by atoms with E-state index in [1.165, 1.54) is 0 Å². The summed E-state index contributed by atoms with van der Waals surface area (Å²) >= 11 is 0. The summed E-state index contributed by atoms with van der Waals surface area (Å²) < 4.78 is 1.78. The van der Waals surface area contributed by atoms with Crippen LogP contribution in [0.15, 0.2) is 30.6 Å². The third-order valence-electron chi connectivity index (χ3n) is 2.95. The molecule has 0 aliphatic carbocycles. The van der Waals surface area contributed by atoms with E-state index in [1.807, 2.05) is 31.3 Å². The van der Waals surface area contributed by atoms with Gasteiger partial charge in [-0.1, -0.05) is 19.1 Å². The van der Waals surface area contributed by atoms with E-state index in [1.54, 1.807) is 10.9 Å². The van der Waals surface area contributed by atoms with Crippen molar-refractivity contribution in [1.29, 1.82) is 0 Å². The van der Waals surface area contributed by atoms with Crippen LogP contribution in [0, 0.1) is 0 Å². The molecule has 20 heavy (non-hydrogen) atoms. The van der Waals surface area contributed by atoms with Gasteiger partial charge in [0.2, 0.25) is 0 Å². The Morgan fingerprint density at radius 2 is 2.15 bits per heavy atom. The molecule has 0 fully saturated rings. The number of rotatable bonds is 6. The third-order valence-corrected chi connectivity index (χ3v) is 2.95. The normalized spacial score (nSPS) is 10.3. The molecular formula is C14H19N5O. The van der Waals surface area contributed by atoms with Gasteiger partial charge in [-0.25, -0.2) is 0 Å². The number of carbonyl (C=O) groups excluding carboxylic acids is 1. The van der Waals surface area contributed by atoms with Crippen LogP contribution in [-0.4, -0.2) is 27.2 Å². The lowest BCUT2D eigenvalue weighted by atomic mass is 10.1. The van der Waals surface area contributed by atoms with E-state index in [0.717, 1.165) is 24.5 Å². The molecule has 6 heteroatoms. The van der Waals surface area contributed by atoms with Crippen molar-refractivity contribution < 1.29 is 4.79 Å². The van der Waals surface area contributed by atoms with Crippen molar-refractivity contribution in [2.45, 2.75) is 19.9 Å². The maximum Gasteiger partial charge on any atom is 0.253 e. The zero-order chi connectivity index (χ0) is 14.4. The Labute approximate surface area is 118 Å². The molecule has 0 radical (unpaired) electrons. The fourth-order valence-electron chi connectivity index (χ4n) is 1.82. The van der Waals surface area contributed by atoms with E-state index in [0.29, 0.717) is 12.1 Å². The van der Waals surface area contributed by atoms with Crippen LogP contribution in [0.2, 0.25) is 0 Å². The molecule has 106 valence electrons. The fraction of sp³-hybridized carbons (Fsp3) is 0.357. The number of para-hydroxylation sites is 1. The number of hydrogen-bond donors (Lipinski definition) is 2. The number of nitrogens with zero attached hydrogens (tertiary/aromatic N) is 3. The van der Waals surface area contributed by atoms with Crippen LogP contribution in [0.1, 0.15) is 29.5 Å². The van der Waals surface area contributed by atoms with Gasteiger partial charge in [0.1, 0.15) is 6.33 Å². The molecule has 1 aromatic carbocycles. The summed E-state index contributed by atoms with van der Waals surface area (Å²) in [5.41, 5.74) is 1.49. The maximum absolute atomic E-state index is 12.2. The lowest BCUT2D eigenvalue weighted by Gasteiger charge is -2.11. The SMILES string of the molecule is CCCNc1ccccc1C(=O)NCc1nncn1C. The minimum atomic E-state index is -0.118. The van der Waals surface area contributed by atoms with E-state index in [4.69, 9.17) is 0 Å². The average molecular weight is 273 g/mol. The Morgan fingerprint density at radius 1 is 1.35 bits per heavy atom. The fourth-order valence-corrected chi connectivity index (χ4v) is 1.82. The lowest BCUT2D eigenvalue weighted by Crippen LogP contribution is -2.25. The van der Waals surface area contributed by atoms with Gasteiger partial charge in [-0.3, -0.25) is 4.79 Å². The van der Waals surface area contributed by atoms with Crippen molar-refractivity contribution in [2.75, 3.05) is 11.9 Å². The molecule has 0 saturated carbocycles. The molecule has 2 aromatic rings. The molecule has 6 nitrogen and oxygen atoms in total. The number of aryl methyl sites for hydroxylation is 1. The highest BCUT2D eigenvalue weighted by atomic mass is 16.1. The standard InChI is InChI=1S/C14H19N5O/c1-3-8-15-12-7-5-4-6-11(12)14(20)16-9-13-18-17-10-19(13)2/h4-7,10,15H,3,8-9H2,1-2H3,(H,16,20). The quantitative estimate of drug-likeness (QED) is 0.838. The first kappa shape index (κ1) is 14.0. The second-order valence-corrected chi connectivity index (χ2v) is 4.51. The zero-order valence-electron chi connectivity index (χ0n) is 11.8. The number of hydrogen-bond acceptors (Lipinski definition) is 4. The van der Waals surface area contributed by atoms with Gasteiger partial charge in [-0.2, -0.15) is 0 Å². The molecule has 0 aliphatic rings. The Bertz CT molecular complexity index is 578. The van der Waals surface area contributed by atoms with Gasteiger partial charge in [0.05, 0.1) is 12.1 Å². The van der Waals surface area contributed by atoms with Crippen LogP contribution >= 0.6 is 0 Å². The van der Waals surface area contributed by atoms with Crippen LogP contribution in [0.25, 0.3) is 0 Å². The molecule has 1 aromatic heterocycles. The summed E-state index contributed by atoms with van der Waals surface area (Å²) in [5.74, 6) is 0.601. The number of aromatic nitrogens is 3. The van der Waals surface area contributed by atoms with Gasteiger partial charge in [-0.15, -0.1) is 10.2 Å². The molecular weight excluding hydrogens is 254 g/mol. The van der Waals surface area contributed by atoms with Crippen molar-refractivity contribution in [1.82, 2.24) is 20.1 Å². The Morgan fingerprint density at radius 3 is 2.85 bits per heavy atom. The largest absolute Gasteiger partial charge is 0.384 e. The topological polar surface area (TPSA) is 71.8 Å². The molecule has 0 spiro atoms. The van der Waals surface area contributed by atoms with Crippen LogP contribution < -0.4 is 10.6 Å². The van der Waals surface area contributed by atoms with Gasteiger partial charge in [0.25, 0.3) is 5.91 Å². The van der Waals surface area contributed by atoms with Gasteiger partial charge < -0.3 is 15.2 Å². The molecule has 0 bridgehead atoms. The third kappa shape index (κ3) is 3.34. The smallest absolute Gasteiger partial charge is 0.253 e. The van der Waals surface area contributed by atoms with Crippen molar-refractivity contribution in [2.24, 2.45) is 7.05 Å². The summed E-state index contributed by atoms with van der Waals surface area (Å²) in [7, 11) is 1.85. The van der Waals surface area contributed by atoms with E-state index < -0.39 is 0 Å². The zero-order valence-corrected chi connectivity index (χ0v) is 11.8. The highest BCUT2D eigenvalue weighted by molar-refractivity contribution is 5.99. The second-order valence-electron chi connectivity index (χ2n) is 4.51. The first-order chi connectivity index (χ1) is 9.72. The highest BCUT2D eigenvalue weighted by Gasteiger charge is 2.11. The number of nitrogens with one attached hydrogen (secondary N) is 2. The molecule has 2 N–H and O–H groups in total. The highest BCUT2D eigenvalue weighted by Crippen LogP contribution is 2.14. The van der Waals surface area contributed by atoms with E-state index in [-0.39, 0.29) is 5.91 Å². The number of benzene rings is 1. The molecule has 0 unspecified atom stereocenters. The van der Waals surface area contributed by atoms with Crippen LogP contribution in [0.5, 0.6) is 0 Å². The summed E-state index contributed by atoms with van der Waals surface area (Å²) in [6, 6.07) is 7.49. The molecule has 0 atom stereocenters. The molecule has 1 amide bonds. The summed E-state index contributed by atoms with van der Waals surface area (Å²) in [4.78, 5) is 12.2. The predicted octanol–water partition coefficient (Wildman–Crippen LogP) is 1.57. The molecule has 0 aliphatic heterocycles. The minimum Gasteiger partial charge on any atom is -0.384 e. The lowest BCUT2D eigenvalue weighted by molar-refractivity contribution is 0.0950. The molecule has 1 heterocycles. The van der Waals surface area contributed by atoms with Crippen LogP contribution in [0.4, 0.5) is 5.69 Å². The number of carbonyl (C=O) groups is 1. The summed E-state index contributed by atoms with van der Waals surface area (Å²) in [6.07, 6.45) is 2.62. The average Bonchev–Trinajstić information content (AvgIpc) is 2.88. The predicted molar refractivity (Wildman–Crippen MR) is 77.4 cm³/mol. The van der Waals surface area contributed by atoms with Crippen LogP contribution in [0.3, 0.4) is 0 Å². The van der Waals surface area contributed by atoms with Gasteiger partial charge in [0.15, 0.2) is 5.82 Å². The van der Waals surface area contributed by atoms with E-state index in [9.17, 15) is 4.79 Å². The summed E-state index contributed by atoms with van der Waals surface area (Å²) in [5, 5.41) is 13.8. The first-order valence-electron chi connectivity index (χ1n) is 6.66. The van der Waals surface area contributed by atoms with E-state index >= 15 is 0 Å². The Kier molecular flexibility index (Phi) is 4.70.